The molecule has 0 aliphatic rings. The van der Waals surface area contributed by atoms with Crippen molar-refractivity contribution < 1.29 is 9.72 Å². The van der Waals surface area contributed by atoms with E-state index in [1.807, 2.05) is 6.92 Å². The van der Waals surface area contributed by atoms with Gasteiger partial charge in [0.25, 0.3) is 5.69 Å². The number of carbonyl (C=O) groups excluding carboxylic acids is 1. The van der Waals surface area contributed by atoms with Crippen molar-refractivity contribution in [3.8, 4) is 0 Å². The molecule has 0 spiro atoms. The summed E-state index contributed by atoms with van der Waals surface area (Å²) in [5.41, 5.74) is 0.910. The van der Waals surface area contributed by atoms with Crippen LogP contribution in [-0.4, -0.2) is 17.5 Å². The number of rotatable bonds is 5. The topological polar surface area (TPSA) is 84.3 Å². The number of carbonyl (C=O) groups is 1. The van der Waals surface area contributed by atoms with Gasteiger partial charge in [0.15, 0.2) is 0 Å². The maximum Gasteiger partial charge on any atom is 0.319 e. The summed E-state index contributed by atoms with van der Waals surface area (Å²) in [6.07, 6.45) is 1.90. The summed E-state index contributed by atoms with van der Waals surface area (Å²) in [4.78, 5) is 21.8. The van der Waals surface area contributed by atoms with Crippen LogP contribution in [0.5, 0.6) is 0 Å². The monoisotopic (exact) mass is 251 g/mol. The number of hydrogen-bond acceptors (Lipinski definition) is 3. The lowest BCUT2D eigenvalue weighted by atomic mass is 10.1. The first-order valence-corrected chi connectivity index (χ1v) is 5.85. The minimum absolute atomic E-state index is 0.00126. The molecule has 1 aromatic rings. The molecule has 0 aliphatic heterocycles. The summed E-state index contributed by atoms with van der Waals surface area (Å²) in [6.45, 7) is 4.24. The van der Waals surface area contributed by atoms with Crippen molar-refractivity contribution in [1.29, 1.82) is 0 Å². The van der Waals surface area contributed by atoms with Gasteiger partial charge in [-0.3, -0.25) is 10.1 Å². The normalized spacial score (nSPS) is 9.89. The third-order valence-electron chi connectivity index (χ3n) is 2.57. The van der Waals surface area contributed by atoms with E-state index in [4.69, 9.17) is 0 Å². The number of nitro groups is 1. The fraction of sp³-hybridized carbons (Fsp3) is 0.417. The molecule has 0 atom stereocenters. The first kappa shape index (κ1) is 14.0. The van der Waals surface area contributed by atoms with Crippen LogP contribution in [0.3, 0.4) is 0 Å². The van der Waals surface area contributed by atoms with Gasteiger partial charge >= 0.3 is 6.03 Å². The number of urea groups is 1. The molecular formula is C12H17N3O3. The average Bonchev–Trinajstić information content (AvgIpc) is 2.32. The molecule has 0 heterocycles. The second-order valence-corrected chi connectivity index (χ2v) is 3.94. The van der Waals surface area contributed by atoms with Crippen molar-refractivity contribution in [2.24, 2.45) is 0 Å². The highest BCUT2D eigenvalue weighted by atomic mass is 16.6. The Kier molecular flexibility index (Phi) is 5.10. The maximum absolute atomic E-state index is 11.5. The van der Waals surface area contributed by atoms with Crippen LogP contribution in [0.2, 0.25) is 0 Å². The number of nitrogens with one attached hydrogen (secondary N) is 2. The molecule has 2 amide bonds. The maximum atomic E-state index is 11.5. The van der Waals surface area contributed by atoms with Gasteiger partial charge in [-0.25, -0.2) is 4.79 Å². The first-order valence-electron chi connectivity index (χ1n) is 5.85. The van der Waals surface area contributed by atoms with Gasteiger partial charge in [-0.1, -0.05) is 19.4 Å². The second-order valence-electron chi connectivity index (χ2n) is 3.94. The molecular weight excluding hydrogens is 234 g/mol. The lowest BCUT2D eigenvalue weighted by Crippen LogP contribution is -2.29. The number of hydrogen-bond donors (Lipinski definition) is 2. The zero-order valence-corrected chi connectivity index (χ0v) is 10.5. The molecule has 1 aromatic carbocycles. The third kappa shape index (κ3) is 3.73. The molecule has 6 heteroatoms. The molecule has 0 radical (unpaired) electrons. The summed E-state index contributed by atoms with van der Waals surface area (Å²) in [5.74, 6) is 0. The Hall–Kier alpha value is -2.11. The number of nitrogens with zero attached hydrogens (tertiary/aromatic N) is 1. The number of benzene rings is 1. The Labute approximate surface area is 106 Å². The van der Waals surface area contributed by atoms with Gasteiger partial charge in [-0.05, 0) is 19.4 Å². The predicted molar refractivity (Wildman–Crippen MR) is 69.8 cm³/mol. The van der Waals surface area contributed by atoms with Crippen molar-refractivity contribution in [1.82, 2.24) is 5.32 Å². The molecule has 18 heavy (non-hydrogen) atoms. The van der Waals surface area contributed by atoms with E-state index in [1.54, 1.807) is 19.1 Å². The SMILES string of the molecule is CCCCNC(=O)Nc1cccc([N+](=O)[O-])c1C. The summed E-state index contributed by atoms with van der Waals surface area (Å²) in [5, 5.41) is 16.0. The molecule has 0 aromatic heterocycles. The zero-order valence-electron chi connectivity index (χ0n) is 10.5. The Balaban J connectivity index is 2.70. The van der Waals surface area contributed by atoms with E-state index in [0.717, 1.165) is 12.8 Å². The second kappa shape index (κ2) is 6.58. The highest BCUT2D eigenvalue weighted by molar-refractivity contribution is 5.90. The van der Waals surface area contributed by atoms with Gasteiger partial charge in [-0.2, -0.15) is 0 Å². The smallest absolute Gasteiger partial charge is 0.319 e. The largest absolute Gasteiger partial charge is 0.338 e. The number of nitro benzene ring substituents is 1. The Morgan fingerprint density at radius 2 is 2.17 bits per heavy atom. The molecule has 0 aliphatic carbocycles. The van der Waals surface area contributed by atoms with Crippen LogP contribution in [-0.2, 0) is 0 Å². The molecule has 0 saturated heterocycles. The van der Waals surface area contributed by atoms with Crippen LogP contribution < -0.4 is 10.6 Å². The van der Waals surface area contributed by atoms with Gasteiger partial charge in [0, 0.05) is 12.6 Å². The van der Waals surface area contributed by atoms with Crippen LogP contribution in [0.4, 0.5) is 16.2 Å². The molecule has 6 nitrogen and oxygen atoms in total. The van der Waals surface area contributed by atoms with Crippen LogP contribution in [0.15, 0.2) is 18.2 Å². The fourth-order valence-electron chi connectivity index (χ4n) is 1.50. The lowest BCUT2D eigenvalue weighted by Gasteiger charge is -2.09. The minimum atomic E-state index is -0.463. The molecule has 0 fully saturated rings. The van der Waals surface area contributed by atoms with Crippen molar-refractivity contribution in [2.45, 2.75) is 26.7 Å². The van der Waals surface area contributed by atoms with Gasteiger partial charge in [0.1, 0.15) is 0 Å². The lowest BCUT2D eigenvalue weighted by molar-refractivity contribution is -0.385. The van der Waals surface area contributed by atoms with Gasteiger partial charge in [0.2, 0.25) is 0 Å². The van der Waals surface area contributed by atoms with E-state index < -0.39 is 4.92 Å². The molecule has 98 valence electrons. The van der Waals surface area contributed by atoms with Crippen LogP contribution in [0, 0.1) is 17.0 Å². The quantitative estimate of drug-likeness (QED) is 0.479. The van der Waals surface area contributed by atoms with E-state index in [1.165, 1.54) is 6.07 Å². The van der Waals surface area contributed by atoms with Crippen molar-refractivity contribution >= 4 is 17.4 Å². The number of anilines is 1. The average molecular weight is 251 g/mol. The molecule has 1 rings (SSSR count). The first-order chi connectivity index (χ1) is 8.56. The highest BCUT2D eigenvalue weighted by Crippen LogP contribution is 2.24. The van der Waals surface area contributed by atoms with Crippen molar-refractivity contribution in [3.63, 3.8) is 0 Å². The summed E-state index contributed by atoms with van der Waals surface area (Å²) >= 11 is 0. The van der Waals surface area contributed by atoms with E-state index in [-0.39, 0.29) is 11.7 Å². The van der Waals surface area contributed by atoms with Gasteiger partial charge in [0.05, 0.1) is 16.2 Å². The zero-order chi connectivity index (χ0) is 13.5. The van der Waals surface area contributed by atoms with Crippen molar-refractivity contribution in [2.75, 3.05) is 11.9 Å². The Morgan fingerprint density at radius 1 is 1.44 bits per heavy atom. The number of amides is 2. The van der Waals surface area contributed by atoms with Gasteiger partial charge < -0.3 is 10.6 Å². The molecule has 2 N–H and O–H groups in total. The third-order valence-corrected chi connectivity index (χ3v) is 2.57. The van der Waals surface area contributed by atoms with Crippen LogP contribution in [0.1, 0.15) is 25.3 Å². The molecule has 0 unspecified atom stereocenters. The Bertz CT molecular complexity index is 446. The van der Waals surface area contributed by atoms with Crippen molar-refractivity contribution in [3.05, 3.63) is 33.9 Å². The fourth-order valence-corrected chi connectivity index (χ4v) is 1.50. The summed E-state index contributed by atoms with van der Waals surface area (Å²) < 4.78 is 0. The van der Waals surface area contributed by atoms with Gasteiger partial charge in [-0.15, -0.1) is 0 Å². The van der Waals surface area contributed by atoms with E-state index in [9.17, 15) is 14.9 Å². The highest BCUT2D eigenvalue weighted by Gasteiger charge is 2.14. The van der Waals surface area contributed by atoms with E-state index in [2.05, 4.69) is 10.6 Å². The molecule has 0 bridgehead atoms. The summed E-state index contributed by atoms with van der Waals surface area (Å²) in [6, 6.07) is 4.26. The number of unbranched alkanes of at least 4 members (excludes halogenated alkanes) is 1. The van der Waals surface area contributed by atoms with Crippen LogP contribution >= 0.6 is 0 Å². The molecule has 0 saturated carbocycles. The van der Waals surface area contributed by atoms with E-state index in [0.29, 0.717) is 17.8 Å². The Morgan fingerprint density at radius 3 is 2.78 bits per heavy atom. The minimum Gasteiger partial charge on any atom is -0.338 e. The summed E-state index contributed by atoms with van der Waals surface area (Å²) in [7, 11) is 0. The standard InChI is InChI=1S/C12H17N3O3/c1-3-4-8-13-12(16)14-10-6-5-7-11(9(10)2)15(17)18/h5-7H,3-4,8H2,1-2H3,(H2,13,14,16). The van der Waals surface area contributed by atoms with Crippen LogP contribution in [0.25, 0.3) is 0 Å². The van der Waals surface area contributed by atoms with E-state index >= 15 is 0 Å². The predicted octanol–water partition coefficient (Wildman–Crippen LogP) is 2.82.